The van der Waals surface area contributed by atoms with Gasteiger partial charge in [-0.3, -0.25) is 4.79 Å². The number of H-pyrrole nitrogens is 1. The monoisotopic (exact) mass is 447 g/mol. The lowest BCUT2D eigenvalue weighted by Crippen LogP contribution is -2.32. The van der Waals surface area contributed by atoms with Gasteiger partial charge in [-0.15, -0.1) is 4.68 Å². The van der Waals surface area contributed by atoms with E-state index in [9.17, 15) is 14.4 Å². The number of hydrogen-bond acceptors (Lipinski definition) is 6. The van der Waals surface area contributed by atoms with Crippen LogP contribution in [0.3, 0.4) is 0 Å². The van der Waals surface area contributed by atoms with Crippen LogP contribution in [0, 0.1) is 0 Å². The molecule has 0 amide bonds. The summed E-state index contributed by atoms with van der Waals surface area (Å²) >= 11 is 3.28. The number of nitrogens with one attached hydrogen (secondary N) is 1. The highest BCUT2D eigenvalue weighted by Gasteiger charge is 2.13. The molecule has 0 aliphatic rings. The number of fused-ring (bicyclic) bond motifs is 1. The zero-order chi connectivity index (χ0) is 20.3. The first-order chi connectivity index (χ1) is 13.4. The molecule has 144 valence electrons. The van der Waals surface area contributed by atoms with Crippen molar-refractivity contribution in [2.75, 3.05) is 13.7 Å². The Kier molecular flexibility index (Phi) is 5.59. The molecule has 9 nitrogen and oxygen atoms in total. The highest BCUT2D eigenvalue weighted by molar-refractivity contribution is 9.10. The van der Waals surface area contributed by atoms with Crippen LogP contribution in [-0.2, 0) is 4.79 Å². The lowest BCUT2D eigenvalue weighted by Gasteiger charge is -2.12. The Morgan fingerprint density at radius 2 is 2.07 bits per heavy atom. The molecular weight excluding hydrogens is 434 g/mol. The standard InChI is InChI=1S/C18H14BrN3O6/c1-27-14-7-10(6-12(19)16(14)28-9-15(23)24)8-20-22-17(25)11-4-2-3-5-13(11)21-18(22)26/h2-8H,9H2,1H3,(H,21,26)(H,23,24). The molecule has 3 aromatic rings. The van der Waals surface area contributed by atoms with Gasteiger partial charge in [-0.2, -0.15) is 5.10 Å². The van der Waals surface area contributed by atoms with Crippen molar-refractivity contribution < 1.29 is 19.4 Å². The summed E-state index contributed by atoms with van der Waals surface area (Å²) in [6, 6.07) is 9.74. The van der Waals surface area contributed by atoms with Gasteiger partial charge in [0.2, 0.25) is 0 Å². The van der Waals surface area contributed by atoms with Gasteiger partial charge in [0, 0.05) is 0 Å². The molecule has 28 heavy (non-hydrogen) atoms. The quantitative estimate of drug-likeness (QED) is 0.555. The first-order valence-electron chi connectivity index (χ1n) is 7.91. The molecule has 0 saturated heterocycles. The molecule has 0 fully saturated rings. The summed E-state index contributed by atoms with van der Waals surface area (Å²) in [5, 5.41) is 13.1. The van der Waals surface area contributed by atoms with Crippen molar-refractivity contribution in [3.8, 4) is 11.5 Å². The number of hydrogen-bond donors (Lipinski definition) is 2. The molecule has 0 aliphatic heterocycles. The van der Waals surface area contributed by atoms with Crippen LogP contribution in [-0.4, -0.2) is 40.7 Å². The first kappa shape index (κ1) is 19.4. The smallest absolute Gasteiger partial charge is 0.349 e. The highest BCUT2D eigenvalue weighted by atomic mass is 79.9. The second kappa shape index (κ2) is 8.09. The number of halogens is 1. The van der Waals surface area contributed by atoms with Crippen LogP contribution in [0.4, 0.5) is 0 Å². The second-order valence-electron chi connectivity index (χ2n) is 5.55. The van der Waals surface area contributed by atoms with Crippen LogP contribution in [0.2, 0.25) is 0 Å². The number of nitrogens with zero attached hydrogens (tertiary/aromatic N) is 2. The van der Waals surface area contributed by atoms with Crippen LogP contribution in [0.1, 0.15) is 5.56 Å². The zero-order valence-corrected chi connectivity index (χ0v) is 16.1. The van der Waals surface area contributed by atoms with Crippen LogP contribution in [0.5, 0.6) is 11.5 Å². The summed E-state index contributed by atoms with van der Waals surface area (Å²) in [7, 11) is 1.40. The van der Waals surface area contributed by atoms with E-state index in [0.717, 1.165) is 4.68 Å². The predicted octanol–water partition coefficient (Wildman–Crippen LogP) is 1.81. The number of carboxylic acids is 1. The van der Waals surface area contributed by atoms with Gasteiger partial charge in [-0.05, 0) is 45.8 Å². The Morgan fingerprint density at radius 1 is 1.32 bits per heavy atom. The lowest BCUT2D eigenvalue weighted by atomic mass is 10.2. The summed E-state index contributed by atoms with van der Waals surface area (Å²) in [5.41, 5.74) is -0.311. The van der Waals surface area contributed by atoms with Crippen molar-refractivity contribution in [2.45, 2.75) is 0 Å². The fourth-order valence-electron chi connectivity index (χ4n) is 2.47. The Balaban J connectivity index is 2.00. The third-order valence-corrected chi connectivity index (χ3v) is 4.29. The third kappa shape index (κ3) is 3.96. The number of methoxy groups -OCH3 is 1. The normalized spacial score (nSPS) is 11.1. The van der Waals surface area contributed by atoms with Crippen molar-refractivity contribution in [3.05, 3.63) is 67.3 Å². The molecule has 0 aliphatic carbocycles. The van der Waals surface area contributed by atoms with Crippen LogP contribution in [0.25, 0.3) is 10.9 Å². The van der Waals surface area contributed by atoms with E-state index >= 15 is 0 Å². The van der Waals surface area contributed by atoms with Crippen LogP contribution >= 0.6 is 15.9 Å². The fraction of sp³-hybridized carbons (Fsp3) is 0.111. The van der Waals surface area contributed by atoms with E-state index in [1.807, 2.05) is 0 Å². The van der Waals surface area contributed by atoms with Crippen molar-refractivity contribution in [1.82, 2.24) is 9.66 Å². The Hall–Kier alpha value is -3.40. The second-order valence-corrected chi connectivity index (χ2v) is 6.41. The highest BCUT2D eigenvalue weighted by Crippen LogP contribution is 2.36. The van der Waals surface area contributed by atoms with Gasteiger partial charge in [-0.25, -0.2) is 9.59 Å². The van der Waals surface area contributed by atoms with E-state index in [1.165, 1.54) is 19.4 Å². The summed E-state index contributed by atoms with van der Waals surface area (Å²) in [4.78, 5) is 37.9. The maximum Gasteiger partial charge on any atom is 0.349 e. The molecule has 0 unspecified atom stereocenters. The maximum atomic E-state index is 12.5. The van der Waals surface area contributed by atoms with Gasteiger partial charge >= 0.3 is 11.7 Å². The van der Waals surface area contributed by atoms with Gasteiger partial charge in [0.15, 0.2) is 18.1 Å². The number of aliphatic carboxylic acids is 1. The molecule has 2 N–H and O–H groups in total. The Labute approximate surface area is 166 Å². The molecule has 0 radical (unpaired) electrons. The predicted molar refractivity (Wildman–Crippen MR) is 106 cm³/mol. The average molecular weight is 448 g/mol. The minimum absolute atomic E-state index is 0.211. The largest absolute Gasteiger partial charge is 0.493 e. The number of ether oxygens (including phenoxy) is 2. The average Bonchev–Trinajstić information content (AvgIpc) is 2.66. The minimum atomic E-state index is -1.13. The summed E-state index contributed by atoms with van der Waals surface area (Å²) < 4.78 is 11.6. The molecule has 10 heteroatoms. The zero-order valence-electron chi connectivity index (χ0n) is 14.5. The van der Waals surface area contributed by atoms with E-state index in [-0.39, 0.29) is 11.5 Å². The van der Waals surface area contributed by atoms with Gasteiger partial charge in [-0.1, -0.05) is 12.1 Å². The lowest BCUT2D eigenvalue weighted by molar-refractivity contribution is -0.139. The number of aromatic amines is 1. The Morgan fingerprint density at radius 3 is 2.79 bits per heavy atom. The van der Waals surface area contributed by atoms with Gasteiger partial charge in [0.1, 0.15) is 0 Å². The van der Waals surface area contributed by atoms with Gasteiger partial charge < -0.3 is 19.6 Å². The molecule has 3 rings (SSSR count). The topological polar surface area (TPSA) is 123 Å². The molecule has 1 heterocycles. The molecule has 2 aromatic carbocycles. The maximum absolute atomic E-state index is 12.5. The Bertz CT molecular complexity index is 1200. The fourth-order valence-corrected chi connectivity index (χ4v) is 3.04. The van der Waals surface area contributed by atoms with E-state index in [2.05, 4.69) is 26.0 Å². The SMILES string of the molecule is COc1cc(C=Nn2c(=O)[nH]c3ccccc3c2=O)cc(Br)c1OCC(=O)O. The number of carbonyl (C=O) groups is 1. The number of carboxylic acid groups (broad SMARTS) is 1. The summed E-state index contributed by atoms with van der Waals surface area (Å²) in [6.45, 7) is -0.537. The molecule has 0 bridgehead atoms. The van der Waals surface area contributed by atoms with Crippen molar-refractivity contribution in [2.24, 2.45) is 5.10 Å². The van der Waals surface area contributed by atoms with E-state index in [1.54, 1.807) is 30.3 Å². The summed E-state index contributed by atoms with van der Waals surface area (Å²) in [5.74, 6) is -0.658. The number of rotatable bonds is 6. The minimum Gasteiger partial charge on any atom is -0.493 e. The van der Waals surface area contributed by atoms with Crippen molar-refractivity contribution in [1.29, 1.82) is 0 Å². The number of aromatic nitrogens is 2. The summed E-state index contributed by atoms with van der Waals surface area (Å²) in [6.07, 6.45) is 1.31. The van der Waals surface area contributed by atoms with Gasteiger partial charge in [0.05, 0.1) is 28.7 Å². The van der Waals surface area contributed by atoms with Crippen LogP contribution in [0.15, 0.2) is 55.6 Å². The molecular formula is C18H14BrN3O6. The van der Waals surface area contributed by atoms with E-state index in [4.69, 9.17) is 14.6 Å². The number of para-hydroxylation sites is 1. The molecule has 0 atom stereocenters. The van der Waals surface area contributed by atoms with Crippen molar-refractivity contribution >= 4 is 39.0 Å². The third-order valence-electron chi connectivity index (χ3n) is 3.70. The number of benzene rings is 2. The molecule has 0 saturated carbocycles. The van der Waals surface area contributed by atoms with E-state index in [0.29, 0.717) is 20.9 Å². The van der Waals surface area contributed by atoms with Gasteiger partial charge in [0.25, 0.3) is 5.56 Å². The van der Waals surface area contributed by atoms with Crippen LogP contribution < -0.4 is 20.7 Å². The first-order valence-corrected chi connectivity index (χ1v) is 8.70. The van der Waals surface area contributed by atoms with E-state index < -0.39 is 23.8 Å². The molecule has 0 spiro atoms. The molecule has 1 aromatic heterocycles. The van der Waals surface area contributed by atoms with Crippen molar-refractivity contribution in [3.63, 3.8) is 0 Å².